The molecule has 112 valence electrons. The highest BCUT2D eigenvalue weighted by atomic mass is 16.1. The molecule has 1 amide bonds. The molecular formula is C18H19N3O. The topological polar surface area (TPSA) is 57.8 Å². The van der Waals surface area contributed by atoms with Crippen molar-refractivity contribution < 1.29 is 4.79 Å². The molecule has 0 bridgehead atoms. The molecule has 0 spiro atoms. The van der Waals surface area contributed by atoms with Crippen molar-refractivity contribution in [3.8, 4) is 0 Å². The molecule has 0 atom stereocenters. The fourth-order valence-electron chi connectivity index (χ4n) is 2.43. The summed E-state index contributed by atoms with van der Waals surface area (Å²) in [4.78, 5) is 19.7. The van der Waals surface area contributed by atoms with Crippen molar-refractivity contribution in [1.82, 2.24) is 15.3 Å². The van der Waals surface area contributed by atoms with E-state index < -0.39 is 0 Å². The summed E-state index contributed by atoms with van der Waals surface area (Å²) < 4.78 is 0. The number of benzene rings is 2. The van der Waals surface area contributed by atoms with Crippen molar-refractivity contribution in [3.63, 3.8) is 0 Å². The van der Waals surface area contributed by atoms with Gasteiger partial charge >= 0.3 is 0 Å². The molecule has 3 aromatic rings. The second kappa shape index (κ2) is 6.02. The van der Waals surface area contributed by atoms with Gasteiger partial charge in [0.1, 0.15) is 5.82 Å². The number of hydrogen-bond acceptors (Lipinski definition) is 2. The molecular weight excluding hydrogens is 274 g/mol. The highest BCUT2D eigenvalue weighted by molar-refractivity contribution is 5.79. The predicted molar refractivity (Wildman–Crippen MR) is 87.6 cm³/mol. The third kappa shape index (κ3) is 3.17. The van der Waals surface area contributed by atoms with Gasteiger partial charge in [-0.25, -0.2) is 4.98 Å². The molecule has 2 N–H and O–H groups in total. The first-order valence-corrected chi connectivity index (χ1v) is 7.38. The van der Waals surface area contributed by atoms with Gasteiger partial charge in [-0.05, 0) is 42.7 Å². The second-order valence-corrected chi connectivity index (χ2v) is 5.57. The number of carbonyl (C=O) groups is 1. The smallest absolute Gasteiger partial charge is 0.224 e. The highest BCUT2D eigenvalue weighted by Crippen LogP contribution is 2.11. The van der Waals surface area contributed by atoms with Crippen LogP contribution in [0.5, 0.6) is 0 Å². The number of aromatic amines is 1. The molecule has 1 heterocycles. The SMILES string of the molecule is Cc1ccc(CC(=O)NCc2nc3ccccc3[nH]2)cc1C. The van der Waals surface area contributed by atoms with E-state index in [1.807, 2.05) is 30.3 Å². The van der Waals surface area contributed by atoms with E-state index in [-0.39, 0.29) is 5.91 Å². The maximum absolute atomic E-state index is 12.0. The largest absolute Gasteiger partial charge is 0.349 e. The third-order valence-electron chi connectivity index (χ3n) is 3.83. The van der Waals surface area contributed by atoms with Crippen LogP contribution in [0.2, 0.25) is 0 Å². The van der Waals surface area contributed by atoms with E-state index in [1.54, 1.807) is 0 Å². The van der Waals surface area contributed by atoms with Crippen LogP contribution in [0.15, 0.2) is 42.5 Å². The summed E-state index contributed by atoms with van der Waals surface area (Å²) in [6.07, 6.45) is 0.390. The Morgan fingerprint density at radius 2 is 1.95 bits per heavy atom. The summed E-state index contributed by atoms with van der Waals surface area (Å²) in [6, 6.07) is 14.0. The fraction of sp³-hybridized carbons (Fsp3) is 0.222. The Bertz CT molecular complexity index is 787. The standard InChI is InChI=1S/C18H19N3O/c1-12-7-8-14(9-13(12)2)10-18(22)19-11-17-20-15-5-3-4-6-16(15)21-17/h3-9H,10-11H2,1-2H3,(H,19,22)(H,20,21). The van der Waals surface area contributed by atoms with E-state index in [4.69, 9.17) is 0 Å². The van der Waals surface area contributed by atoms with Crippen molar-refractivity contribution in [3.05, 3.63) is 65.0 Å². The van der Waals surface area contributed by atoms with Crippen LogP contribution >= 0.6 is 0 Å². The monoisotopic (exact) mass is 293 g/mol. The van der Waals surface area contributed by atoms with E-state index in [0.717, 1.165) is 22.4 Å². The minimum absolute atomic E-state index is 0.00343. The van der Waals surface area contributed by atoms with Crippen LogP contribution in [-0.4, -0.2) is 15.9 Å². The number of para-hydroxylation sites is 2. The van der Waals surface area contributed by atoms with Crippen molar-refractivity contribution in [2.24, 2.45) is 0 Å². The number of imidazole rings is 1. The predicted octanol–water partition coefficient (Wildman–Crippen LogP) is 3.04. The molecule has 0 radical (unpaired) electrons. The Kier molecular flexibility index (Phi) is 3.92. The molecule has 0 aliphatic rings. The van der Waals surface area contributed by atoms with E-state index in [9.17, 15) is 4.79 Å². The number of nitrogens with one attached hydrogen (secondary N) is 2. The summed E-state index contributed by atoms with van der Waals surface area (Å²) in [5.74, 6) is 0.776. The van der Waals surface area contributed by atoms with Crippen LogP contribution in [0, 0.1) is 13.8 Å². The lowest BCUT2D eigenvalue weighted by Gasteiger charge is -2.06. The van der Waals surface area contributed by atoms with Crippen LogP contribution in [0.25, 0.3) is 11.0 Å². The molecule has 0 saturated carbocycles. The lowest BCUT2D eigenvalue weighted by Crippen LogP contribution is -2.25. The van der Waals surface area contributed by atoms with Crippen molar-refractivity contribution in [1.29, 1.82) is 0 Å². The van der Waals surface area contributed by atoms with Gasteiger partial charge in [0.25, 0.3) is 0 Å². The molecule has 0 aliphatic heterocycles. The molecule has 0 fully saturated rings. The van der Waals surface area contributed by atoms with Gasteiger partial charge in [-0.3, -0.25) is 4.79 Å². The zero-order chi connectivity index (χ0) is 15.5. The van der Waals surface area contributed by atoms with Crippen LogP contribution in [-0.2, 0) is 17.8 Å². The molecule has 22 heavy (non-hydrogen) atoms. The van der Waals surface area contributed by atoms with Gasteiger partial charge in [-0.1, -0.05) is 30.3 Å². The van der Waals surface area contributed by atoms with Crippen LogP contribution < -0.4 is 5.32 Å². The van der Waals surface area contributed by atoms with Crippen LogP contribution in [0.4, 0.5) is 0 Å². The zero-order valence-electron chi connectivity index (χ0n) is 12.8. The number of H-pyrrole nitrogens is 1. The lowest BCUT2D eigenvalue weighted by atomic mass is 10.0. The molecule has 3 rings (SSSR count). The number of amides is 1. The molecule has 0 aliphatic carbocycles. The number of carbonyl (C=O) groups excluding carboxylic acids is 1. The molecule has 2 aromatic carbocycles. The van der Waals surface area contributed by atoms with E-state index >= 15 is 0 Å². The van der Waals surface area contributed by atoms with Crippen molar-refractivity contribution >= 4 is 16.9 Å². The van der Waals surface area contributed by atoms with E-state index in [2.05, 4.69) is 41.3 Å². The number of aryl methyl sites for hydroxylation is 2. The normalized spacial score (nSPS) is 10.8. The number of hydrogen-bond donors (Lipinski definition) is 2. The van der Waals surface area contributed by atoms with E-state index in [0.29, 0.717) is 13.0 Å². The molecule has 4 nitrogen and oxygen atoms in total. The first-order valence-electron chi connectivity index (χ1n) is 7.38. The minimum Gasteiger partial charge on any atom is -0.349 e. The van der Waals surface area contributed by atoms with Gasteiger partial charge in [0, 0.05) is 0 Å². The number of fused-ring (bicyclic) bond motifs is 1. The van der Waals surface area contributed by atoms with Gasteiger partial charge in [0.2, 0.25) is 5.91 Å². The quantitative estimate of drug-likeness (QED) is 0.777. The first kappa shape index (κ1) is 14.3. The maximum Gasteiger partial charge on any atom is 0.224 e. The lowest BCUT2D eigenvalue weighted by molar-refractivity contribution is -0.120. The third-order valence-corrected chi connectivity index (χ3v) is 3.83. The Morgan fingerprint density at radius 3 is 2.73 bits per heavy atom. The summed E-state index contributed by atoms with van der Waals surface area (Å²) in [5, 5.41) is 2.91. The average Bonchev–Trinajstić information content (AvgIpc) is 2.92. The maximum atomic E-state index is 12.0. The van der Waals surface area contributed by atoms with Gasteiger partial charge in [0.15, 0.2) is 0 Å². The van der Waals surface area contributed by atoms with E-state index in [1.165, 1.54) is 11.1 Å². The fourth-order valence-corrected chi connectivity index (χ4v) is 2.43. The van der Waals surface area contributed by atoms with Crippen molar-refractivity contribution in [2.45, 2.75) is 26.8 Å². The van der Waals surface area contributed by atoms with Crippen LogP contribution in [0.3, 0.4) is 0 Å². The van der Waals surface area contributed by atoms with Gasteiger partial charge in [-0.15, -0.1) is 0 Å². The molecule has 0 unspecified atom stereocenters. The Hall–Kier alpha value is -2.62. The summed E-state index contributed by atoms with van der Waals surface area (Å²) in [5.41, 5.74) is 5.39. The Balaban J connectivity index is 1.60. The summed E-state index contributed by atoms with van der Waals surface area (Å²) in [7, 11) is 0. The molecule has 0 saturated heterocycles. The zero-order valence-corrected chi connectivity index (χ0v) is 12.8. The van der Waals surface area contributed by atoms with Gasteiger partial charge < -0.3 is 10.3 Å². The number of rotatable bonds is 4. The van der Waals surface area contributed by atoms with Gasteiger partial charge in [-0.2, -0.15) is 0 Å². The Morgan fingerprint density at radius 1 is 1.14 bits per heavy atom. The molecule has 4 heteroatoms. The highest BCUT2D eigenvalue weighted by Gasteiger charge is 2.06. The average molecular weight is 293 g/mol. The molecule has 1 aromatic heterocycles. The van der Waals surface area contributed by atoms with Crippen molar-refractivity contribution in [2.75, 3.05) is 0 Å². The number of nitrogens with zero attached hydrogens (tertiary/aromatic N) is 1. The number of aromatic nitrogens is 2. The Labute approximate surface area is 129 Å². The summed E-state index contributed by atoms with van der Waals surface area (Å²) in [6.45, 7) is 4.55. The second-order valence-electron chi connectivity index (χ2n) is 5.57. The van der Waals surface area contributed by atoms with Crippen LogP contribution in [0.1, 0.15) is 22.5 Å². The van der Waals surface area contributed by atoms with Gasteiger partial charge in [0.05, 0.1) is 24.0 Å². The minimum atomic E-state index is 0.00343. The summed E-state index contributed by atoms with van der Waals surface area (Å²) >= 11 is 0. The first-order chi connectivity index (χ1) is 10.6.